The van der Waals surface area contributed by atoms with Crippen molar-refractivity contribution in [3.8, 4) is 0 Å². The summed E-state index contributed by atoms with van der Waals surface area (Å²) in [6, 6.07) is 3.72. The second kappa shape index (κ2) is 6.72. The summed E-state index contributed by atoms with van der Waals surface area (Å²) < 4.78 is 65.2. The number of alkyl halides is 3. The lowest BCUT2D eigenvalue weighted by atomic mass is 9.92. The second-order valence-corrected chi connectivity index (χ2v) is 7.77. The Morgan fingerprint density at radius 2 is 1.96 bits per heavy atom. The minimum Gasteiger partial charge on any atom is -0.481 e. The standard InChI is InChI=1S/C15H18F3NO4S/c1-10-12(14(20)21)6-4-8-19(10)24(22,23)9-11-5-2-3-7-13(11)15(16,17)18/h2-3,5,7,10,12H,4,6,8-9H2,1H3,(H,20,21)/t10-,12-/m1/s1. The first-order valence-electron chi connectivity index (χ1n) is 7.41. The van der Waals surface area contributed by atoms with Crippen LogP contribution in [0.25, 0.3) is 0 Å². The normalized spacial score (nSPS) is 23.2. The Kier molecular flexibility index (Phi) is 5.24. The number of hydrogen-bond acceptors (Lipinski definition) is 3. The molecule has 0 spiro atoms. The minimum absolute atomic E-state index is 0.113. The highest BCUT2D eigenvalue weighted by Crippen LogP contribution is 2.34. The molecule has 1 aromatic carbocycles. The molecule has 1 aliphatic heterocycles. The molecule has 0 saturated carbocycles. The van der Waals surface area contributed by atoms with Crippen molar-refractivity contribution >= 4 is 16.0 Å². The highest BCUT2D eigenvalue weighted by atomic mass is 32.2. The lowest BCUT2D eigenvalue weighted by molar-refractivity contribution is -0.144. The van der Waals surface area contributed by atoms with Crippen molar-refractivity contribution in [1.29, 1.82) is 0 Å². The van der Waals surface area contributed by atoms with E-state index < -0.39 is 45.4 Å². The fourth-order valence-electron chi connectivity index (χ4n) is 3.04. The fourth-order valence-corrected chi connectivity index (χ4v) is 4.91. The summed E-state index contributed by atoms with van der Waals surface area (Å²) in [5.74, 6) is -2.76. The minimum atomic E-state index is -4.65. The smallest absolute Gasteiger partial charge is 0.416 e. The molecule has 134 valence electrons. The van der Waals surface area contributed by atoms with E-state index in [2.05, 4.69) is 0 Å². The average molecular weight is 365 g/mol. The van der Waals surface area contributed by atoms with Crippen molar-refractivity contribution in [2.45, 2.75) is 37.7 Å². The van der Waals surface area contributed by atoms with Crippen LogP contribution >= 0.6 is 0 Å². The third-order valence-electron chi connectivity index (χ3n) is 4.27. The van der Waals surface area contributed by atoms with Gasteiger partial charge < -0.3 is 5.11 Å². The number of carboxylic acid groups (broad SMARTS) is 1. The van der Waals surface area contributed by atoms with Gasteiger partial charge in [0.2, 0.25) is 10.0 Å². The van der Waals surface area contributed by atoms with Gasteiger partial charge in [0.25, 0.3) is 0 Å². The predicted octanol–water partition coefficient (Wildman–Crippen LogP) is 2.72. The molecule has 0 radical (unpaired) electrons. The summed E-state index contributed by atoms with van der Waals surface area (Å²) in [6.45, 7) is 1.59. The summed E-state index contributed by atoms with van der Waals surface area (Å²) in [4.78, 5) is 11.2. The van der Waals surface area contributed by atoms with E-state index in [1.807, 2.05) is 0 Å². The molecule has 1 N–H and O–H groups in total. The van der Waals surface area contributed by atoms with Crippen LogP contribution in [0.3, 0.4) is 0 Å². The molecule has 1 fully saturated rings. The summed E-state index contributed by atoms with van der Waals surface area (Å²) in [7, 11) is -4.06. The summed E-state index contributed by atoms with van der Waals surface area (Å²) in [6.07, 6.45) is -3.94. The number of carboxylic acids is 1. The molecule has 24 heavy (non-hydrogen) atoms. The van der Waals surface area contributed by atoms with E-state index in [1.165, 1.54) is 19.1 Å². The topological polar surface area (TPSA) is 74.7 Å². The first-order chi connectivity index (χ1) is 11.0. The number of rotatable bonds is 4. The van der Waals surface area contributed by atoms with Crippen molar-refractivity contribution in [2.24, 2.45) is 5.92 Å². The van der Waals surface area contributed by atoms with Crippen LogP contribution in [0.5, 0.6) is 0 Å². The molecule has 0 aliphatic carbocycles. The Balaban J connectivity index is 2.31. The number of benzene rings is 1. The number of sulfonamides is 1. The predicted molar refractivity (Wildman–Crippen MR) is 80.6 cm³/mol. The van der Waals surface area contributed by atoms with Gasteiger partial charge in [-0.25, -0.2) is 8.42 Å². The molecule has 0 aromatic heterocycles. The number of aliphatic carboxylic acids is 1. The van der Waals surface area contributed by atoms with Crippen LogP contribution in [-0.2, 0) is 26.7 Å². The van der Waals surface area contributed by atoms with Crippen molar-refractivity contribution in [3.05, 3.63) is 35.4 Å². The Morgan fingerprint density at radius 3 is 2.54 bits per heavy atom. The van der Waals surface area contributed by atoms with E-state index in [0.29, 0.717) is 12.8 Å². The number of carbonyl (C=O) groups is 1. The molecular weight excluding hydrogens is 347 g/mol. The van der Waals surface area contributed by atoms with E-state index in [9.17, 15) is 26.4 Å². The largest absolute Gasteiger partial charge is 0.481 e. The van der Waals surface area contributed by atoms with E-state index in [4.69, 9.17) is 5.11 Å². The lowest BCUT2D eigenvalue weighted by Gasteiger charge is -2.36. The van der Waals surface area contributed by atoms with Crippen LogP contribution in [0.1, 0.15) is 30.9 Å². The third-order valence-corrected chi connectivity index (χ3v) is 6.17. The van der Waals surface area contributed by atoms with Crippen LogP contribution in [0.2, 0.25) is 0 Å². The molecular formula is C15H18F3NO4S. The molecule has 1 aromatic rings. The maximum atomic E-state index is 13.0. The highest BCUT2D eigenvalue weighted by Gasteiger charge is 2.40. The first-order valence-corrected chi connectivity index (χ1v) is 9.02. The van der Waals surface area contributed by atoms with Crippen molar-refractivity contribution in [2.75, 3.05) is 6.54 Å². The van der Waals surface area contributed by atoms with Gasteiger partial charge in [0.05, 0.1) is 17.2 Å². The number of nitrogens with zero attached hydrogens (tertiary/aromatic N) is 1. The molecule has 5 nitrogen and oxygen atoms in total. The number of hydrogen-bond donors (Lipinski definition) is 1. The van der Waals surface area contributed by atoms with Gasteiger partial charge in [-0.05, 0) is 31.4 Å². The Hall–Kier alpha value is -1.61. The van der Waals surface area contributed by atoms with Crippen LogP contribution in [-0.4, -0.2) is 36.4 Å². The lowest BCUT2D eigenvalue weighted by Crippen LogP contribution is -2.49. The summed E-state index contributed by atoms with van der Waals surface area (Å²) in [5, 5.41) is 9.16. The quantitative estimate of drug-likeness (QED) is 0.890. The molecule has 0 amide bonds. The Labute approximate surface area is 138 Å². The van der Waals surface area contributed by atoms with Crippen molar-refractivity contribution in [3.63, 3.8) is 0 Å². The van der Waals surface area contributed by atoms with Gasteiger partial charge in [0.1, 0.15) is 0 Å². The molecule has 0 unspecified atom stereocenters. The van der Waals surface area contributed by atoms with Gasteiger partial charge in [-0.3, -0.25) is 4.79 Å². The van der Waals surface area contributed by atoms with Crippen LogP contribution in [0.15, 0.2) is 24.3 Å². The van der Waals surface area contributed by atoms with Gasteiger partial charge in [-0.15, -0.1) is 0 Å². The Morgan fingerprint density at radius 1 is 1.33 bits per heavy atom. The molecule has 1 aliphatic rings. The van der Waals surface area contributed by atoms with Crippen LogP contribution in [0.4, 0.5) is 13.2 Å². The summed E-state index contributed by atoms with van der Waals surface area (Å²) in [5.41, 5.74) is -1.33. The number of piperidine rings is 1. The Bertz CT molecular complexity index is 718. The molecule has 1 heterocycles. The fraction of sp³-hybridized carbons (Fsp3) is 0.533. The monoisotopic (exact) mass is 365 g/mol. The van der Waals surface area contributed by atoms with Gasteiger partial charge >= 0.3 is 12.1 Å². The SMILES string of the molecule is C[C@@H]1[C@H](C(=O)O)CCCN1S(=O)(=O)Cc1ccccc1C(F)(F)F. The maximum absolute atomic E-state index is 13.0. The summed E-state index contributed by atoms with van der Waals surface area (Å²) >= 11 is 0. The van der Waals surface area contributed by atoms with E-state index in [1.54, 1.807) is 0 Å². The van der Waals surface area contributed by atoms with Crippen LogP contribution < -0.4 is 0 Å². The van der Waals surface area contributed by atoms with Gasteiger partial charge in [0, 0.05) is 12.6 Å². The molecule has 0 bridgehead atoms. The van der Waals surface area contributed by atoms with Crippen molar-refractivity contribution < 1.29 is 31.5 Å². The molecule has 2 rings (SSSR count). The second-order valence-electron chi connectivity index (χ2n) is 5.85. The zero-order valence-electron chi connectivity index (χ0n) is 13.0. The average Bonchev–Trinajstić information content (AvgIpc) is 2.45. The molecule has 1 saturated heterocycles. The van der Waals surface area contributed by atoms with Gasteiger partial charge in [-0.2, -0.15) is 17.5 Å². The molecule has 9 heteroatoms. The number of halogens is 3. The zero-order valence-corrected chi connectivity index (χ0v) is 13.8. The molecule has 2 atom stereocenters. The van der Waals surface area contributed by atoms with Gasteiger partial charge in [-0.1, -0.05) is 18.2 Å². The first kappa shape index (κ1) is 18.7. The van der Waals surface area contributed by atoms with Crippen LogP contribution in [0, 0.1) is 5.92 Å². The third kappa shape index (κ3) is 3.89. The highest BCUT2D eigenvalue weighted by molar-refractivity contribution is 7.88. The van der Waals surface area contributed by atoms with E-state index in [0.717, 1.165) is 16.4 Å². The van der Waals surface area contributed by atoms with E-state index >= 15 is 0 Å². The van der Waals surface area contributed by atoms with Crippen molar-refractivity contribution in [1.82, 2.24) is 4.31 Å². The maximum Gasteiger partial charge on any atom is 0.416 e. The zero-order chi connectivity index (χ0) is 18.1. The van der Waals surface area contributed by atoms with Gasteiger partial charge in [0.15, 0.2) is 0 Å². The van der Waals surface area contributed by atoms with E-state index in [-0.39, 0.29) is 12.1 Å².